The number of benzene rings is 1. The molecule has 1 aliphatic rings. The third-order valence-corrected chi connectivity index (χ3v) is 4.12. The third kappa shape index (κ3) is 5.00. The van der Waals surface area contributed by atoms with E-state index in [-0.39, 0.29) is 5.91 Å². The van der Waals surface area contributed by atoms with Gasteiger partial charge in [0.1, 0.15) is 5.75 Å². The molecule has 0 bridgehead atoms. The molecule has 1 fully saturated rings. The van der Waals surface area contributed by atoms with Crippen LogP contribution in [0.2, 0.25) is 0 Å². The number of ether oxygens (including phenoxy) is 1. The number of hydrogen-bond donors (Lipinski definition) is 1. The summed E-state index contributed by atoms with van der Waals surface area (Å²) in [5, 5.41) is 3.27. The third-order valence-electron chi connectivity index (χ3n) is 4.12. The number of rotatable bonds is 7. The minimum atomic E-state index is 0.273. The molecule has 0 saturated carbocycles. The highest BCUT2D eigenvalue weighted by molar-refractivity contribution is 5.76. The van der Waals surface area contributed by atoms with Gasteiger partial charge in [-0.1, -0.05) is 19.1 Å². The number of carbonyl (C=O) groups excluding carboxylic acids is 1. The molecule has 5 nitrogen and oxygen atoms in total. The molecular formula is C17H27N3O2. The van der Waals surface area contributed by atoms with E-state index in [4.69, 9.17) is 4.74 Å². The van der Waals surface area contributed by atoms with Gasteiger partial charge in [-0.25, -0.2) is 0 Å². The van der Waals surface area contributed by atoms with Gasteiger partial charge in [-0.3, -0.25) is 9.69 Å². The number of nitrogens with one attached hydrogen (secondary N) is 1. The van der Waals surface area contributed by atoms with E-state index < -0.39 is 0 Å². The Morgan fingerprint density at radius 1 is 1.27 bits per heavy atom. The van der Waals surface area contributed by atoms with Crippen molar-refractivity contribution >= 4 is 5.91 Å². The maximum atomic E-state index is 12.2. The first-order valence-electron chi connectivity index (χ1n) is 8.06. The van der Waals surface area contributed by atoms with Gasteiger partial charge in [0.05, 0.1) is 7.11 Å². The van der Waals surface area contributed by atoms with E-state index in [1.807, 2.05) is 17.0 Å². The second-order valence-corrected chi connectivity index (χ2v) is 5.60. The summed E-state index contributed by atoms with van der Waals surface area (Å²) in [6, 6.07) is 8.13. The first-order valence-corrected chi connectivity index (χ1v) is 8.06. The van der Waals surface area contributed by atoms with Crippen molar-refractivity contribution in [3.63, 3.8) is 0 Å². The van der Waals surface area contributed by atoms with Crippen LogP contribution in [0, 0.1) is 0 Å². The molecule has 1 heterocycles. The highest BCUT2D eigenvalue weighted by atomic mass is 16.5. The standard InChI is InChI=1S/C17H27N3O2/c1-3-19(14-15-4-6-16(22-2)7-5-15)11-8-17(21)20-12-9-18-10-13-20/h4-7,18H,3,8-14H2,1-2H3. The lowest BCUT2D eigenvalue weighted by atomic mass is 10.2. The van der Waals surface area contributed by atoms with E-state index >= 15 is 0 Å². The van der Waals surface area contributed by atoms with Gasteiger partial charge in [-0.15, -0.1) is 0 Å². The molecule has 0 aromatic heterocycles. The van der Waals surface area contributed by atoms with E-state index in [0.717, 1.165) is 51.6 Å². The fourth-order valence-corrected chi connectivity index (χ4v) is 2.66. The predicted molar refractivity (Wildman–Crippen MR) is 88.0 cm³/mol. The van der Waals surface area contributed by atoms with Crippen LogP contribution in [0.15, 0.2) is 24.3 Å². The SMILES string of the molecule is CCN(CCC(=O)N1CCNCC1)Cc1ccc(OC)cc1. The molecule has 122 valence electrons. The summed E-state index contributed by atoms with van der Waals surface area (Å²) in [7, 11) is 1.68. The summed E-state index contributed by atoms with van der Waals surface area (Å²) in [6.45, 7) is 8.26. The topological polar surface area (TPSA) is 44.8 Å². The van der Waals surface area contributed by atoms with Crippen LogP contribution in [0.25, 0.3) is 0 Å². The first kappa shape index (κ1) is 16.8. The van der Waals surface area contributed by atoms with E-state index in [1.54, 1.807) is 7.11 Å². The highest BCUT2D eigenvalue weighted by Gasteiger charge is 2.16. The Morgan fingerprint density at radius 2 is 1.95 bits per heavy atom. The minimum Gasteiger partial charge on any atom is -0.497 e. The molecule has 0 radical (unpaired) electrons. The molecule has 0 atom stereocenters. The largest absolute Gasteiger partial charge is 0.497 e. The number of amides is 1. The normalized spacial score (nSPS) is 15.1. The minimum absolute atomic E-state index is 0.273. The maximum Gasteiger partial charge on any atom is 0.223 e. The van der Waals surface area contributed by atoms with Crippen LogP contribution in [0.4, 0.5) is 0 Å². The number of nitrogens with zero attached hydrogens (tertiary/aromatic N) is 2. The van der Waals surface area contributed by atoms with Crippen molar-refractivity contribution in [2.75, 3.05) is 46.4 Å². The molecule has 1 saturated heterocycles. The van der Waals surface area contributed by atoms with Gasteiger partial charge in [-0.05, 0) is 24.2 Å². The van der Waals surface area contributed by atoms with Crippen molar-refractivity contribution in [1.82, 2.24) is 15.1 Å². The maximum absolute atomic E-state index is 12.2. The molecule has 0 spiro atoms. The van der Waals surface area contributed by atoms with Crippen LogP contribution in [0.5, 0.6) is 5.75 Å². The van der Waals surface area contributed by atoms with E-state index in [1.165, 1.54) is 5.56 Å². The molecule has 22 heavy (non-hydrogen) atoms. The van der Waals surface area contributed by atoms with Crippen molar-refractivity contribution in [2.45, 2.75) is 19.9 Å². The Morgan fingerprint density at radius 3 is 2.55 bits per heavy atom. The van der Waals surface area contributed by atoms with Crippen molar-refractivity contribution in [3.8, 4) is 5.75 Å². The zero-order chi connectivity index (χ0) is 15.8. The van der Waals surface area contributed by atoms with Crippen molar-refractivity contribution in [3.05, 3.63) is 29.8 Å². The molecule has 5 heteroatoms. The lowest BCUT2D eigenvalue weighted by Crippen LogP contribution is -2.47. The Bertz CT molecular complexity index is 455. The van der Waals surface area contributed by atoms with Gasteiger partial charge < -0.3 is 15.0 Å². The van der Waals surface area contributed by atoms with E-state index in [0.29, 0.717) is 6.42 Å². The molecule has 0 unspecified atom stereocenters. The molecule has 1 aliphatic heterocycles. The zero-order valence-electron chi connectivity index (χ0n) is 13.7. The predicted octanol–water partition coefficient (Wildman–Crippen LogP) is 1.34. The van der Waals surface area contributed by atoms with Crippen LogP contribution >= 0.6 is 0 Å². The molecule has 0 aliphatic carbocycles. The highest BCUT2D eigenvalue weighted by Crippen LogP contribution is 2.13. The summed E-state index contributed by atoms with van der Waals surface area (Å²) < 4.78 is 5.18. The number of methoxy groups -OCH3 is 1. The Labute approximate surface area is 133 Å². The zero-order valence-corrected chi connectivity index (χ0v) is 13.7. The monoisotopic (exact) mass is 305 g/mol. The van der Waals surface area contributed by atoms with Crippen molar-refractivity contribution in [2.24, 2.45) is 0 Å². The van der Waals surface area contributed by atoms with Crippen LogP contribution in [0.1, 0.15) is 18.9 Å². The summed E-state index contributed by atoms with van der Waals surface area (Å²) in [5.74, 6) is 1.15. The van der Waals surface area contributed by atoms with Gasteiger partial charge >= 0.3 is 0 Å². The summed E-state index contributed by atoms with van der Waals surface area (Å²) in [4.78, 5) is 16.5. The van der Waals surface area contributed by atoms with Gasteiger partial charge in [0.2, 0.25) is 5.91 Å². The number of hydrogen-bond acceptors (Lipinski definition) is 4. The smallest absolute Gasteiger partial charge is 0.223 e. The van der Waals surface area contributed by atoms with E-state index in [2.05, 4.69) is 29.3 Å². The van der Waals surface area contributed by atoms with Crippen LogP contribution in [0.3, 0.4) is 0 Å². The van der Waals surface area contributed by atoms with Crippen molar-refractivity contribution < 1.29 is 9.53 Å². The average molecular weight is 305 g/mol. The molecule has 1 amide bonds. The summed E-state index contributed by atoms with van der Waals surface area (Å²) in [5.41, 5.74) is 1.25. The molecule has 1 aromatic carbocycles. The van der Waals surface area contributed by atoms with Gasteiger partial charge in [-0.2, -0.15) is 0 Å². The second-order valence-electron chi connectivity index (χ2n) is 5.60. The van der Waals surface area contributed by atoms with Gasteiger partial charge in [0.25, 0.3) is 0 Å². The van der Waals surface area contributed by atoms with Gasteiger partial charge in [0.15, 0.2) is 0 Å². The van der Waals surface area contributed by atoms with Crippen molar-refractivity contribution in [1.29, 1.82) is 0 Å². The summed E-state index contributed by atoms with van der Waals surface area (Å²) in [6.07, 6.45) is 0.601. The number of carbonyl (C=O) groups is 1. The molecule has 2 rings (SSSR count). The lowest BCUT2D eigenvalue weighted by Gasteiger charge is -2.28. The molecule has 1 N–H and O–H groups in total. The molecule has 1 aromatic rings. The average Bonchev–Trinajstić information content (AvgIpc) is 2.59. The molecular weight excluding hydrogens is 278 g/mol. The number of piperazine rings is 1. The second kappa shape index (κ2) is 8.76. The quantitative estimate of drug-likeness (QED) is 0.826. The Kier molecular flexibility index (Phi) is 6.68. The lowest BCUT2D eigenvalue weighted by molar-refractivity contribution is -0.132. The fraction of sp³-hybridized carbons (Fsp3) is 0.588. The Balaban J connectivity index is 1.79. The van der Waals surface area contributed by atoms with Crippen LogP contribution in [-0.2, 0) is 11.3 Å². The fourth-order valence-electron chi connectivity index (χ4n) is 2.66. The van der Waals surface area contributed by atoms with Gasteiger partial charge in [0, 0.05) is 45.7 Å². The van der Waals surface area contributed by atoms with E-state index in [9.17, 15) is 4.79 Å². The van der Waals surface area contributed by atoms with Crippen LogP contribution < -0.4 is 10.1 Å². The Hall–Kier alpha value is -1.59. The summed E-state index contributed by atoms with van der Waals surface area (Å²) >= 11 is 0. The first-order chi connectivity index (χ1) is 10.7. The van der Waals surface area contributed by atoms with Crippen LogP contribution in [-0.4, -0.2) is 62.1 Å².